The maximum atomic E-state index is 2.30. The van der Waals surface area contributed by atoms with Crippen LogP contribution in [0.2, 0.25) is 0 Å². The molecule has 0 aromatic heterocycles. The van der Waals surface area contributed by atoms with Crippen LogP contribution >= 0.6 is 12.4 Å². The third-order valence-corrected chi connectivity index (χ3v) is 2.73. The predicted molar refractivity (Wildman–Crippen MR) is 74.8 cm³/mol. The van der Waals surface area contributed by atoms with E-state index < -0.39 is 0 Å². The van der Waals surface area contributed by atoms with Crippen LogP contribution < -0.4 is 4.90 Å². The molecule has 16 heavy (non-hydrogen) atoms. The van der Waals surface area contributed by atoms with Gasteiger partial charge in [0.1, 0.15) is 0 Å². The zero-order chi connectivity index (χ0) is 10.7. The summed E-state index contributed by atoms with van der Waals surface area (Å²) in [5.74, 6) is 0. The van der Waals surface area contributed by atoms with Crippen molar-refractivity contribution in [2.24, 2.45) is 0 Å². The molecule has 0 atom stereocenters. The molecule has 0 saturated heterocycles. The Bertz CT molecular complexity index is 453. The topological polar surface area (TPSA) is 3.24 Å². The van der Waals surface area contributed by atoms with Gasteiger partial charge in [-0.15, -0.1) is 12.4 Å². The summed E-state index contributed by atoms with van der Waals surface area (Å²) in [7, 11) is 2.15. The molecule has 0 amide bonds. The van der Waals surface area contributed by atoms with Crippen molar-refractivity contribution in [3.63, 3.8) is 0 Å². The lowest BCUT2D eigenvalue weighted by molar-refractivity contribution is 0.853. The lowest BCUT2D eigenvalue weighted by Crippen LogP contribution is -2.17. The van der Waals surface area contributed by atoms with Gasteiger partial charge < -0.3 is 4.90 Å². The number of anilines is 1. The van der Waals surface area contributed by atoms with Gasteiger partial charge in [0, 0.05) is 19.3 Å². The van der Waals surface area contributed by atoms with Crippen LogP contribution in [0.3, 0.4) is 0 Å². The molecule has 0 radical (unpaired) electrons. The molecule has 2 aromatic carbocycles. The van der Waals surface area contributed by atoms with E-state index in [1.165, 1.54) is 22.9 Å². The fraction of sp³-hybridized carbons (Fsp3) is 0.286. The summed E-state index contributed by atoms with van der Waals surface area (Å²) in [5, 5.41) is 2.63. The maximum Gasteiger partial charge on any atom is 0.0370 e. The third-order valence-electron chi connectivity index (χ3n) is 2.73. The Morgan fingerprint density at radius 3 is 2.38 bits per heavy atom. The van der Waals surface area contributed by atoms with E-state index in [9.17, 15) is 0 Å². The molecule has 0 fully saturated rings. The third kappa shape index (κ3) is 2.67. The first-order valence-electron chi connectivity index (χ1n) is 5.51. The first kappa shape index (κ1) is 12.9. The molecule has 86 valence electrons. The molecule has 0 heterocycles. The van der Waals surface area contributed by atoms with Crippen LogP contribution in [-0.4, -0.2) is 13.6 Å². The second-order valence-corrected chi connectivity index (χ2v) is 3.95. The van der Waals surface area contributed by atoms with E-state index in [0.717, 1.165) is 6.54 Å². The van der Waals surface area contributed by atoms with Crippen LogP contribution in [0, 0.1) is 0 Å². The van der Waals surface area contributed by atoms with Crippen molar-refractivity contribution in [1.29, 1.82) is 0 Å². The number of rotatable bonds is 3. The van der Waals surface area contributed by atoms with Crippen molar-refractivity contribution < 1.29 is 0 Å². The molecule has 0 aliphatic carbocycles. The lowest BCUT2D eigenvalue weighted by Gasteiger charge is -2.18. The molecule has 1 nitrogen and oxygen atoms in total. The molecule has 0 aliphatic rings. The highest BCUT2D eigenvalue weighted by Crippen LogP contribution is 2.21. The Kier molecular flexibility index (Phi) is 4.63. The minimum atomic E-state index is 0. The van der Waals surface area contributed by atoms with Gasteiger partial charge in [-0.2, -0.15) is 0 Å². The van der Waals surface area contributed by atoms with Crippen molar-refractivity contribution in [2.75, 3.05) is 18.5 Å². The van der Waals surface area contributed by atoms with E-state index in [0.29, 0.717) is 0 Å². The van der Waals surface area contributed by atoms with Crippen LogP contribution in [0.5, 0.6) is 0 Å². The first-order valence-corrected chi connectivity index (χ1v) is 5.51. The fourth-order valence-electron chi connectivity index (χ4n) is 1.88. The molecule has 0 spiro atoms. The monoisotopic (exact) mass is 235 g/mol. The smallest absolute Gasteiger partial charge is 0.0370 e. The first-order chi connectivity index (χ1) is 7.31. The van der Waals surface area contributed by atoms with Crippen molar-refractivity contribution in [3.05, 3.63) is 42.5 Å². The van der Waals surface area contributed by atoms with Crippen LogP contribution in [0.25, 0.3) is 10.8 Å². The van der Waals surface area contributed by atoms with Gasteiger partial charge in [-0.05, 0) is 29.3 Å². The van der Waals surface area contributed by atoms with Gasteiger partial charge in [-0.1, -0.05) is 37.3 Å². The average Bonchev–Trinajstić information content (AvgIpc) is 2.29. The fourth-order valence-corrected chi connectivity index (χ4v) is 1.88. The summed E-state index contributed by atoms with van der Waals surface area (Å²) in [5.41, 5.74) is 1.30. The van der Waals surface area contributed by atoms with Crippen LogP contribution in [0.1, 0.15) is 13.3 Å². The number of hydrogen-bond donors (Lipinski definition) is 0. The van der Waals surface area contributed by atoms with Gasteiger partial charge in [-0.25, -0.2) is 0 Å². The van der Waals surface area contributed by atoms with Gasteiger partial charge in [0.05, 0.1) is 0 Å². The lowest BCUT2D eigenvalue weighted by atomic mass is 10.1. The van der Waals surface area contributed by atoms with Crippen LogP contribution in [-0.2, 0) is 0 Å². The Balaban J connectivity index is 0.00000128. The largest absolute Gasteiger partial charge is 0.375 e. The molecule has 2 rings (SSSR count). The number of halogens is 1. The molecule has 2 aromatic rings. The SMILES string of the molecule is CCCN(C)c1ccc2ccccc2c1.Cl. The second kappa shape index (κ2) is 5.76. The van der Waals surface area contributed by atoms with Crippen molar-refractivity contribution >= 4 is 28.9 Å². The Morgan fingerprint density at radius 1 is 1.00 bits per heavy atom. The average molecular weight is 236 g/mol. The normalized spacial score (nSPS) is 9.88. The van der Waals surface area contributed by atoms with Crippen molar-refractivity contribution in [3.8, 4) is 0 Å². The number of nitrogens with zero attached hydrogens (tertiary/aromatic N) is 1. The minimum absolute atomic E-state index is 0. The predicted octanol–water partition coefficient (Wildman–Crippen LogP) is 4.11. The zero-order valence-electron chi connectivity index (χ0n) is 9.81. The highest BCUT2D eigenvalue weighted by atomic mass is 35.5. The van der Waals surface area contributed by atoms with E-state index >= 15 is 0 Å². The van der Waals surface area contributed by atoms with Gasteiger partial charge in [-0.3, -0.25) is 0 Å². The summed E-state index contributed by atoms with van der Waals surface area (Å²) < 4.78 is 0. The summed E-state index contributed by atoms with van der Waals surface area (Å²) in [6.45, 7) is 3.32. The Hall–Kier alpha value is -1.21. The number of fused-ring (bicyclic) bond motifs is 1. The highest BCUT2D eigenvalue weighted by Gasteiger charge is 2.00. The molecular weight excluding hydrogens is 218 g/mol. The van der Waals surface area contributed by atoms with Gasteiger partial charge >= 0.3 is 0 Å². The Labute approximate surface area is 103 Å². The maximum absolute atomic E-state index is 2.30. The summed E-state index contributed by atoms with van der Waals surface area (Å²) in [6.07, 6.45) is 1.18. The summed E-state index contributed by atoms with van der Waals surface area (Å²) >= 11 is 0. The van der Waals surface area contributed by atoms with E-state index in [4.69, 9.17) is 0 Å². The standard InChI is InChI=1S/C14H17N.ClH/c1-3-10-15(2)14-9-8-12-6-4-5-7-13(12)11-14;/h4-9,11H,3,10H2,1-2H3;1H. The molecule has 0 unspecified atom stereocenters. The zero-order valence-corrected chi connectivity index (χ0v) is 10.6. The molecule has 0 saturated carbocycles. The summed E-state index contributed by atoms with van der Waals surface area (Å²) in [6, 6.07) is 15.1. The van der Waals surface area contributed by atoms with E-state index in [2.05, 4.69) is 61.3 Å². The second-order valence-electron chi connectivity index (χ2n) is 3.95. The Morgan fingerprint density at radius 2 is 1.69 bits per heavy atom. The summed E-state index contributed by atoms with van der Waals surface area (Å²) in [4.78, 5) is 2.30. The van der Waals surface area contributed by atoms with Gasteiger partial charge in [0.25, 0.3) is 0 Å². The van der Waals surface area contributed by atoms with Crippen LogP contribution in [0.4, 0.5) is 5.69 Å². The molecule has 0 bridgehead atoms. The van der Waals surface area contributed by atoms with E-state index in [-0.39, 0.29) is 12.4 Å². The molecule has 0 N–H and O–H groups in total. The van der Waals surface area contributed by atoms with Crippen LogP contribution in [0.15, 0.2) is 42.5 Å². The number of benzene rings is 2. The van der Waals surface area contributed by atoms with Gasteiger partial charge in [0.15, 0.2) is 0 Å². The molecule has 0 aliphatic heterocycles. The molecule has 2 heteroatoms. The highest BCUT2D eigenvalue weighted by molar-refractivity contribution is 5.86. The minimum Gasteiger partial charge on any atom is -0.375 e. The quantitative estimate of drug-likeness (QED) is 0.774. The van der Waals surface area contributed by atoms with Gasteiger partial charge in [0.2, 0.25) is 0 Å². The number of hydrogen-bond acceptors (Lipinski definition) is 1. The van der Waals surface area contributed by atoms with E-state index in [1.54, 1.807) is 0 Å². The van der Waals surface area contributed by atoms with E-state index in [1.807, 2.05) is 0 Å². The molecular formula is C14H18ClN. The van der Waals surface area contributed by atoms with Crippen molar-refractivity contribution in [2.45, 2.75) is 13.3 Å². The van der Waals surface area contributed by atoms with Crippen molar-refractivity contribution in [1.82, 2.24) is 0 Å².